The molecule has 0 bridgehead atoms. The lowest BCUT2D eigenvalue weighted by molar-refractivity contribution is -0.141. The Balaban J connectivity index is 2.28. The Bertz CT molecular complexity index is 747. The number of alkyl halides is 3. The van der Waals surface area contributed by atoms with Crippen molar-refractivity contribution in [3.8, 4) is 0 Å². The Morgan fingerprint density at radius 3 is 2.35 bits per heavy atom. The fraction of sp³-hybridized carbons (Fsp3) is 0.286. The first-order valence-electron chi connectivity index (χ1n) is 6.68. The third-order valence-corrected chi connectivity index (χ3v) is 4.99. The van der Waals surface area contributed by atoms with Crippen molar-refractivity contribution in [3.05, 3.63) is 54.1 Å². The van der Waals surface area contributed by atoms with Crippen molar-refractivity contribution in [2.24, 2.45) is 0 Å². The number of hydrogen-bond donors (Lipinski definition) is 0. The molecule has 0 aliphatic heterocycles. The molecule has 0 atom stereocenters. The van der Waals surface area contributed by atoms with Gasteiger partial charge in [0.1, 0.15) is 10.6 Å². The first kappa shape index (κ1) is 17.4. The maximum absolute atomic E-state index is 12.5. The maximum Gasteiger partial charge on any atom is 0.433 e. The summed E-state index contributed by atoms with van der Waals surface area (Å²) in [5.74, 6) is 0. The van der Waals surface area contributed by atoms with Gasteiger partial charge in [-0.1, -0.05) is 13.0 Å². The van der Waals surface area contributed by atoms with Crippen LogP contribution in [-0.4, -0.2) is 29.2 Å². The van der Waals surface area contributed by atoms with Crippen LogP contribution in [0.15, 0.2) is 47.6 Å². The predicted molar refractivity (Wildman–Crippen MR) is 76.7 cm³/mol. The van der Waals surface area contributed by atoms with Crippen LogP contribution in [-0.2, 0) is 22.7 Å². The second kappa shape index (κ2) is 6.63. The molecule has 5 nitrogen and oxygen atoms in total. The van der Waals surface area contributed by atoms with Gasteiger partial charge < -0.3 is 0 Å². The molecule has 0 fully saturated rings. The summed E-state index contributed by atoms with van der Waals surface area (Å²) in [7, 11) is -3.95. The van der Waals surface area contributed by atoms with Gasteiger partial charge >= 0.3 is 6.18 Å². The van der Waals surface area contributed by atoms with E-state index in [4.69, 9.17) is 0 Å². The van der Waals surface area contributed by atoms with E-state index in [2.05, 4.69) is 9.97 Å². The van der Waals surface area contributed by atoms with Gasteiger partial charge in [-0.15, -0.1) is 0 Å². The van der Waals surface area contributed by atoms with Gasteiger partial charge in [0.15, 0.2) is 0 Å². The van der Waals surface area contributed by atoms with Crippen molar-refractivity contribution >= 4 is 10.0 Å². The zero-order valence-corrected chi connectivity index (χ0v) is 13.0. The molecule has 0 aromatic carbocycles. The highest BCUT2D eigenvalue weighted by molar-refractivity contribution is 7.89. The van der Waals surface area contributed by atoms with Crippen molar-refractivity contribution in [3.63, 3.8) is 0 Å². The molecule has 0 unspecified atom stereocenters. The standard InChI is InChI=1S/C14H14F3N3O2S/c1-2-20(10-11-5-3-4-8-18-11)23(21,22)12-6-7-13(19-9-12)14(15,16)17/h3-9H,2,10H2,1H3. The molecule has 0 saturated heterocycles. The third-order valence-electron chi connectivity index (χ3n) is 3.08. The monoisotopic (exact) mass is 345 g/mol. The summed E-state index contributed by atoms with van der Waals surface area (Å²) in [5.41, 5.74) is -0.595. The molecule has 0 saturated carbocycles. The molecule has 124 valence electrons. The third kappa shape index (κ3) is 4.05. The zero-order valence-electron chi connectivity index (χ0n) is 12.2. The van der Waals surface area contributed by atoms with E-state index in [-0.39, 0.29) is 18.0 Å². The SMILES string of the molecule is CCN(Cc1ccccn1)S(=O)(=O)c1ccc(C(F)(F)F)nc1. The van der Waals surface area contributed by atoms with Crippen LogP contribution >= 0.6 is 0 Å². The van der Waals surface area contributed by atoms with Crippen molar-refractivity contribution < 1.29 is 21.6 Å². The second-order valence-electron chi connectivity index (χ2n) is 4.63. The summed E-state index contributed by atoms with van der Waals surface area (Å²) in [5, 5.41) is 0. The molecule has 2 rings (SSSR count). The molecule has 2 heterocycles. The Kier molecular flexibility index (Phi) is 5.00. The van der Waals surface area contributed by atoms with Crippen molar-refractivity contribution in [1.82, 2.24) is 14.3 Å². The molecular weight excluding hydrogens is 331 g/mol. The molecule has 23 heavy (non-hydrogen) atoms. The minimum Gasteiger partial charge on any atom is -0.260 e. The molecule has 0 aliphatic rings. The summed E-state index contributed by atoms with van der Waals surface area (Å²) in [4.78, 5) is 6.95. The van der Waals surface area contributed by atoms with Crippen LogP contribution in [0.25, 0.3) is 0 Å². The van der Waals surface area contributed by atoms with Crippen LogP contribution in [0.4, 0.5) is 13.2 Å². The van der Waals surface area contributed by atoms with E-state index >= 15 is 0 Å². The fourth-order valence-electron chi connectivity index (χ4n) is 1.89. The van der Waals surface area contributed by atoms with E-state index in [1.807, 2.05) is 0 Å². The van der Waals surface area contributed by atoms with Crippen LogP contribution in [0.3, 0.4) is 0 Å². The smallest absolute Gasteiger partial charge is 0.260 e. The predicted octanol–water partition coefficient (Wildman–Crippen LogP) is 2.71. The second-order valence-corrected chi connectivity index (χ2v) is 6.57. The Labute approximate surface area is 131 Å². The lowest BCUT2D eigenvalue weighted by Gasteiger charge is -2.20. The fourth-order valence-corrected chi connectivity index (χ4v) is 3.25. The normalized spacial score (nSPS) is 12.6. The molecule has 0 spiro atoms. The Morgan fingerprint density at radius 2 is 1.87 bits per heavy atom. The molecular formula is C14H14F3N3O2S. The molecule has 9 heteroatoms. The van der Waals surface area contributed by atoms with Gasteiger partial charge in [-0.3, -0.25) is 9.97 Å². The molecule has 0 radical (unpaired) electrons. The molecule has 2 aromatic heterocycles. The van der Waals surface area contributed by atoms with E-state index in [1.165, 1.54) is 6.20 Å². The van der Waals surface area contributed by atoms with Crippen LogP contribution in [0.1, 0.15) is 18.3 Å². The molecule has 2 aromatic rings. The molecule has 0 N–H and O–H groups in total. The van der Waals surface area contributed by atoms with Crippen molar-refractivity contribution in [1.29, 1.82) is 0 Å². The first-order valence-corrected chi connectivity index (χ1v) is 8.12. The van der Waals surface area contributed by atoms with Crippen LogP contribution in [0.2, 0.25) is 0 Å². The molecule has 0 aliphatic carbocycles. The average molecular weight is 345 g/mol. The number of halogens is 3. The summed E-state index contributed by atoms with van der Waals surface area (Å²) < 4.78 is 63.6. The lowest BCUT2D eigenvalue weighted by atomic mass is 10.3. The minimum atomic E-state index is -4.61. The van der Waals surface area contributed by atoms with Gasteiger partial charge in [0.25, 0.3) is 0 Å². The van der Waals surface area contributed by atoms with Gasteiger partial charge in [0.05, 0.1) is 12.2 Å². The number of rotatable bonds is 5. The maximum atomic E-state index is 12.5. The van der Waals surface area contributed by atoms with Crippen LogP contribution < -0.4 is 0 Å². The van der Waals surface area contributed by atoms with Crippen molar-refractivity contribution in [2.75, 3.05) is 6.54 Å². The van der Waals surface area contributed by atoms with E-state index < -0.39 is 21.9 Å². The quantitative estimate of drug-likeness (QED) is 0.836. The summed E-state index contributed by atoms with van der Waals surface area (Å²) in [6.45, 7) is 1.82. The summed E-state index contributed by atoms with van der Waals surface area (Å²) in [6.07, 6.45) is -2.35. The highest BCUT2D eigenvalue weighted by atomic mass is 32.2. The van der Waals surface area contributed by atoms with Gasteiger partial charge in [0.2, 0.25) is 10.0 Å². The Hall–Kier alpha value is -2.00. The van der Waals surface area contributed by atoms with E-state index in [0.29, 0.717) is 11.8 Å². The zero-order chi connectivity index (χ0) is 17.1. The van der Waals surface area contributed by atoms with Gasteiger partial charge in [-0.25, -0.2) is 8.42 Å². The number of pyridine rings is 2. The van der Waals surface area contributed by atoms with Crippen LogP contribution in [0, 0.1) is 0 Å². The highest BCUT2D eigenvalue weighted by Crippen LogP contribution is 2.28. The molecule has 0 amide bonds. The largest absolute Gasteiger partial charge is 0.433 e. The summed E-state index contributed by atoms with van der Waals surface area (Å²) in [6, 6.07) is 6.66. The average Bonchev–Trinajstić information content (AvgIpc) is 2.52. The van der Waals surface area contributed by atoms with Gasteiger partial charge in [0, 0.05) is 18.9 Å². The lowest BCUT2D eigenvalue weighted by Crippen LogP contribution is -2.31. The number of nitrogens with zero attached hydrogens (tertiary/aromatic N) is 3. The van der Waals surface area contributed by atoms with Gasteiger partial charge in [-0.05, 0) is 24.3 Å². The topological polar surface area (TPSA) is 63.2 Å². The highest BCUT2D eigenvalue weighted by Gasteiger charge is 2.33. The van der Waals surface area contributed by atoms with E-state index in [1.54, 1.807) is 25.1 Å². The van der Waals surface area contributed by atoms with Crippen molar-refractivity contribution in [2.45, 2.75) is 24.5 Å². The number of sulfonamides is 1. The first-order chi connectivity index (χ1) is 10.7. The summed E-state index contributed by atoms with van der Waals surface area (Å²) >= 11 is 0. The van der Waals surface area contributed by atoms with Gasteiger partial charge in [-0.2, -0.15) is 17.5 Å². The number of hydrogen-bond acceptors (Lipinski definition) is 4. The minimum absolute atomic E-state index is 0.0285. The Morgan fingerprint density at radius 1 is 1.13 bits per heavy atom. The van der Waals surface area contributed by atoms with E-state index in [9.17, 15) is 21.6 Å². The number of aromatic nitrogens is 2. The van der Waals surface area contributed by atoms with Crippen LogP contribution in [0.5, 0.6) is 0 Å². The van der Waals surface area contributed by atoms with E-state index in [0.717, 1.165) is 16.6 Å².